The number of sulfonamides is 1. The third kappa shape index (κ3) is 3.57. The van der Waals surface area contributed by atoms with Crippen molar-refractivity contribution < 1.29 is 18.3 Å². The molecule has 0 aromatic heterocycles. The Balaban J connectivity index is 2.79. The third-order valence-corrected chi connectivity index (χ3v) is 3.50. The van der Waals surface area contributed by atoms with Crippen LogP contribution < -0.4 is 4.72 Å². The summed E-state index contributed by atoms with van der Waals surface area (Å²) < 4.78 is 30.7. The van der Waals surface area contributed by atoms with E-state index in [1.54, 1.807) is 18.2 Å². The van der Waals surface area contributed by atoms with E-state index in [2.05, 4.69) is 4.72 Å². The third-order valence-electron chi connectivity index (χ3n) is 1.96. The second-order valence-electron chi connectivity index (χ2n) is 3.27. The Morgan fingerprint density at radius 1 is 1.38 bits per heavy atom. The fourth-order valence-corrected chi connectivity index (χ4v) is 2.45. The molecule has 0 heterocycles. The Hall–Kier alpha value is -0.950. The standard InChI is InChI=1S/C10H15NO4S/c1-15-8-9(7-12)11-16(13,14)10-5-3-2-4-6-10/h2-6,9,11-12H,7-8H2,1H3. The summed E-state index contributed by atoms with van der Waals surface area (Å²) in [4.78, 5) is 0.171. The van der Waals surface area contributed by atoms with Crippen LogP contribution in [0, 0.1) is 0 Å². The molecule has 1 aromatic carbocycles. The number of aliphatic hydroxyl groups excluding tert-OH is 1. The van der Waals surface area contributed by atoms with Crippen molar-refractivity contribution >= 4 is 10.0 Å². The zero-order valence-electron chi connectivity index (χ0n) is 8.96. The summed E-state index contributed by atoms with van der Waals surface area (Å²) in [6.07, 6.45) is 0. The SMILES string of the molecule is COCC(CO)NS(=O)(=O)c1ccccc1. The Morgan fingerprint density at radius 3 is 2.50 bits per heavy atom. The van der Waals surface area contributed by atoms with Gasteiger partial charge in [0.15, 0.2) is 0 Å². The number of aliphatic hydroxyl groups is 1. The summed E-state index contributed by atoms with van der Waals surface area (Å²) in [7, 11) is -2.14. The summed E-state index contributed by atoms with van der Waals surface area (Å²) in [5.74, 6) is 0. The average Bonchev–Trinajstić information content (AvgIpc) is 2.29. The highest BCUT2D eigenvalue weighted by molar-refractivity contribution is 7.89. The van der Waals surface area contributed by atoms with E-state index in [0.717, 1.165) is 0 Å². The molecule has 1 atom stereocenters. The van der Waals surface area contributed by atoms with Crippen molar-refractivity contribution in [2.24, 2.45) is 0 Å². The van der Waals surface area contributed by atoms with Crippen LogP contribution in [-0.2, 0) is 14.8 Å². The van der Waals surface area contributed by atoms with E-state index in [-0.39, 0.29) is 18.1 Å². The van der Waals surface area contributed by atoms with Gasteiger partial charge in [-0.15, -0.1) is 0 Å². The molecule has 1 rings (SSSR count). The lowest BCUT2D eigenvalue weighted by Crippen LogP contribution is -2.40. The maximum absolute atomic E-state index is 11.8. The van der Waals surface area contributed by atoms with Crippen molar-refractivity contribution in [1.29, 1.82) is 0 Å². The molecule has 2 N–H and O–H groups in total. The fourth-order valence-electron chi connectivity index (χ4n) is 1.21. The predicted molar refractivity (Wildman–Crippen MR) is 59.5 cm³/mol. The van der Waals surface area contributed by atoms with Crippen LogP contribution in [0.25, 0.3) is 0 Å². The van der Waals surface area contributed by atoms with Crippen LogP contribution in [0.15, 0.2) is 35.2 Å². The molecule has 90 valence electrons. The van der Waals surface area contributed by atoms with Crippen molar-refractivity contribution in [2.75, 3.05) is 20.3 Å². The molecule has 0 aliphatic rings. The highest BCUT2D eigenvalue weighted by atomic mass is 32.2. The largest absolute Gasteiger partial charge is 0.395 e. The normalized spacial score (nSPS) is 13.6. The number of ether oxygens (including phenoxy) is 1. The lowest BCUT2D eigenvalue weighted by Gasteiger charge is -2.15. The Morgan fingerprint density at radius 2 is 2.00 bits per heavy atom. The van der Waals surface area contributed by atoms with Crippen LogP contribution in [0.1, 0.15) is 0 Å². The molecule has 0 saturated carbocycles. The van der Waals surface area contributed by atoms with Crippen molar-refractivity contribution in [1.82, 2.24) is 4.72 Å². The quantitative estimate of drug-likeness (QED) is 0.738. The zero-order valence-corrected chi connectivity index (χ0v) is 9.78. The van der Waals surface area contributed by atoms with Crippen LogP contribution in [0.4, 0.5) is 0 Å². The van der Waals surface area contributed by atoms with Gasteiger partial charge >= 0.3 is 0 Å². The molecular weight excluding hydrogens is 230 g/mol. The van der Waals surface area contributed by atoms with Crippen molar-refractivity contribution in [3.05, 3.63) is 30.3 Å². The molecule has 5 nitrogen and oxygen atoms in total. The molecule has 1 aromatic rings. The number of methoxy groups -OCH3 is 1. The highest BCUT2D eigenvalue weighted by Crippen LogP contribution is 2.07. The summed E-state index contributed by atoms with van der Waals surface area (Å²) in [6, 6.07) is 7.36. The van der Waals surface area contributed by atoms with E-state index in [1.807, 2.05) is 0 Å². The smallest absolute Gasteiger partial charge is 0.240 e. The summed E-state index contributed by atoms with van der Waals surface area (Å²) >= 11 is 0. The van der Waals surface area contributed by atoms with Gasteiger partial charge in [0.1, 0.15) is 0 Å². The average molecular weight is 245 g/mol. The first-order chi connectivity index (χ1) is 7.60. The van der Waals surface area contributed by atoms with Crippen molar-refractivity contribution in [3.8, 4) is 0 Å². The van der Waals surface area contributed by atoms with Crippen LogP contribution in [0.5, 0.6) is 0 Å². The fraction of sp³-hybridized carbons (Fsp3) is 0.400. The first kappa shape index (κ1) is 13.1. The molecule has 0 bridgehead atoms. The van der Waals surface area contributed by atoms with Gasteiger partial charge in [-0.2, -0.15) is 0 Å². The second kappa shape index (κ2) is 5.95. The van der Waals surface area contributed by atoms with E-state index in [1.165, 1.54) is 19.2 Å². The summed E-state index contributed by atoms with van der Waals surface area (Å²) in [5, 5.41) is 8.96. The number of nitrogens with one attached hydrogen (secondary N) is 1. The van der Waals surface area contributed by atoms with Gasteiger partial charge in [-0.25, -0.2) is 13.1 Å². The van der Waals surface area contributed by atoms with Gasteiger partial charge in [0.05, 0.1) is 24.2 Å². The number of hydrogen-bond donors (Lipinski definition) is 2. The van der Waals surface area contributed by atoms with E-state index < -0.39 is 16.1 Å². The molecule has 1 unspecified atom stereocenters. The molecule has 0 saturated heterocycles. The maximum Gasteiger partial charge on any atom is 0.240 e. The first-order valence-corrected chi connectivity index (χ1v) is 6.25. The van der Waals surface area contributed by atoms with Gasteiger partial charge in [-0.1, -0.05) is 18.2 Å². The van der Waals surface area contributed by atoms with Crippen LogP contribution in [-0.4, -0.2) is 39.9 Å². The molecule has 0 radical (unpaired) electrons. The Labute approximate surface area is 95.1 Å². The van der Waals surface area contributed by atoms with E-state index >= 15 is 0 Å². The Kier molecular flexibility index (Phi) is 4.88. The molecule has 0 fully saturated rings. The van der Waals surface area contributed by atoms with Gasteiger partial charge in [-0.05, 0) is 12.1 Å². The van der Waals surface area contributed by atoms with Gasteiger partial charge in [-0.3, -0.25) is 0 Å². The van der Waals surface area contributed by atoms with Crippen molar-refractivity contribution in [2.45, 2.75) is 10.9 Å². The number of hydrogen-bond acceptors (Lipinski definition) is 4. The van der Waals surface area contributed by atoms with E-state index in [9.17, 15) is 8.42 Å². The van der Waals surface area contributed by atoms with Crippen LogP contribution >= 0.6 is 0 Å². The summed E-state index contributed by atoms with van der Waals surface area (Å²) in [5.41, 5.74) is 0. The van der Waals surface area contributed by atoms with Gasteiger partial charge < -0.3 is 9.84 Å². The van der Waals surface area contributed by atoms with Crippen molar-refractivity contribution in [3.63, 3.8) is 0 Å². The van der Waals surface area contributed by atoms with Gasteiger partial charge in [0.2, 0.25) is 10.0 Å². The second-order valence-corrected chi connectivity index (χ2v) is 4.98. The highest BCUT2D eigenvalue weighted by Gasteiger charge is 2.18. The minimum Gasteiger partial charge on any atom is -0.395 e. The molecule has 0 aliphatic heterocycles. The van der Waals surface area contributed by atoms with Gasteiger partial charge in [0, 0.05) is 7.11 Å². The first-order valence-electron chi connectivity index (χ1n) is 4.77. The molecule has 6 heteroatoms. The predicted octanol–water partition coefficient (Wildman–Crippen LogP) is -0.0278. The number of rotatable bonds is 6. The van der Waals surface area contributed by atoms with Gasteiger partial charge in [0.25, 0.3) is 0 Å². The Bertz CT molecular complexity index is 404. The molecule has 16 heavy (non-hydrogen) atoms. The van der Waals surface area contributed by atoms with E-state index in [4.69, 9.17) is 9.84 Å². The monoisotopic (exact) mass is 245 g/mol. The lowest BCUT2D eigenvalue weighted by atomic mass is 10.4. The minimum absolute atomic E-state index is 0.128. The number of benzene rings is 1. The maximum atomic E-state index is 11.8. The molecule has 0 amide bonds. The van der Waals surface area contributed by atoms with E-state index in [0.29, 0.717) is 0 Å². The minimum atomic E-state index is -3.58. The topological polar surface area (TPSA) is 75.6 Å². The lowest BCUT2D eigenvalue weighted by molar-refractivity contribution is 0.139. The van der Waals surface area contributed by atoms with Crippen LogP contribution in [0.3, 0.4) is 0 Å². The zero-order chi connectivity index (χ0) is 12.0. The van der Waals surface area contributed by atoms with Crippen LogP contribution in [0.2, 0.25) is 0 Å². The molecule has 0 spiro atoms. The molecular formula is C10H15NO4S. The summed E-state index contributed by atoms with van der Waals surface area (Å²) in [6.45, 7) is -0.178. The molecule has 0 aliphatic carbocycles.